The van der Waals surface area contributed by atoms with Gasteiger partial charge in [-0.3, -0.25) is 34.3 Å². The molecule has 344 valence electrons. The lowest BCUT2D eigenvalue weighted by Crippen LogP contribution is -2.54. The van der Waals surface area contributed by atoms with Crippen LogP contribution in [0.2, 0.25) is 5.02 Å². The first kappa shape index (κ1) is 45.1. The first-order valence-electron chi connectivity index (χ1n) is 23.1. The fraction of sp³-hybridized carbons (Fsp3) is 0.460. The zero-order valence-corrected chi connectivity index (χ0v) is 38.6. The van der Waals surface area contributed by atoms with Gasteiger partial charge in [0.15, 0.2) is 5.75 Å². The number of piperazine rings is 1. The maximum absolute atomic E-state index is 13.7. The van der Waals surface area contributed by atoms with Gasteiger partial charge in [-0.25, -0.2) is 9.97 Å². The summed E-state index contributed by atoms with van der Waals surface area (Å²) >= 11 is 6.47. The van der Waals surface area contributed by atoms with Crippen LogP contribution in [0.15, 0.2) is 66.9 Å². The minimum Gasteiger partial charge on any atom is -0.494 e. The number of methoxy groups -OCH3 is 1. The molecule has 4 aromatic rings. The number of nitrogens with one attached hydrogen (secondary N) is 1. The maximum Gasteiger partial charge on any atom is 0.264 e. The highest BCUT2D eigenvalue weighted by molar-refractivity contribution is 6.32. The number of rotatable bonds is 12. The van der Waals surface area contributed by atoms with Gasteiger partial charge in [-0.1, -0.05) is 43.6 Å². The van der Waals surface area contributed by atoms with E-state index in [4.69, 9.17) is 26.1 Å². The van der Waals surface area contributed by atoms with Crippen molar-refractivity contribution in [3.63, 3.8) is 0 Å². The minimum atomic E-state index is -0.972. The number of imide groups is 2. The van der Waals surface area contributed by atoms with Crippen molar-refractivity contribution in [2.75, 3.05) is 75.8 Å². The molecule has 66 heavy (non-hydrogen) atoms. The molecule has 0 saturated carbocycles. The van der Waals surface area contributed by atoms with Gasteiger partial charge < -0.3 is 24.2 Å². The molecule has 1 unspecified atom stereocenters. The summed E-state index contributed by atoms with van der Waals surface area (Å²) in [6.45, 7) is 13.0. The fourth-order valence-electron chi connectivity index (χ4n) is 10.4. The average Bonchev–Trinajstić information content (AvgIpc) is 3.59. The van der Waals surface area contributed by atoms with Crippen molar-refractivity contribution < 1.29 is 28.7 Å². The van der Waals surface area contributed by atoms with Crippen molar-refractivity contribution in [1.82, 2.24) is 30.0 Å². The number of likely N-dealkylation sites (tertiary alicyclic amines) is 1. The first-order valence-corrected chi connectivity index (χ1v) is 23.4. The van der Waals surface area contributed by atoms with E-state index in [0.717, 1.165) is 124 Å². The van der Waals surface area contributed by atoms with Gasteiger partial charge in [0.05, 0.1) is 40.2 Å². The fourth-order valence-corrected chi connectivity index (χ4v) is 10.7. The Balaban J connectivity index is 0.710. The maximum atomic E-state index is 13.7. The number of halogens is 1. The van der Waals surface area contributed by atoms with Crippen molar-refractivity contribution in [1.29, 1.82) is 5.26 Å². The van der Waals surface area contributed by atoms with Crippen molar-refractivity contribution in [3.8, 4) is 17.6 Å². The molecule has 0 spiro atoms. The van der Waals surface area contributed by atoms with Gasteiger partial charge in [0.25, 0.3) is 11.8 Å². The number of ether oxygens (including phenoxy) is 2. The predicted octanol–water partition coefficient (Wildman–Crippen LogP) is 5.82. The van der Waals surface area contributed by atoms with Crippen LogP contribution in [0.5, 0.6) is 11.5 Å². The third-order valence-electron chi connectivity index (χ3n) is 14.3. The van der Waals surface area contributed by atoms with Gasteiger partial charge in [-0.15, -0.1) is 0 Å². The molecule has 4 amide bonds. The van der Waals surface area contributed by atoms with E-state index < -0.39 is 29.2 Å². The van der Waals surface area contributed by atoms with E-state index in [2.05, 4.69) is 49.8 Å². The van der Waals surface area contributed by atoms with Crippen molar-refractivity contribution in [2.45, 2.75) is 76.5 Å². The lowest BCUT2D eigenvalue weighted by Gasteiger charge is -2.44. The Hall–Kier alpha value is -6.08. The lowest BCUT2D eigenvalue weighted by molar-refractivity contribution is -0.136. The zero-order valence-electron chi connectivity index (χ0n) is 37.8. The van der Waals surface area contributed by atoms with E-state index in [1.165, 1.54) is 7.11 Å². The second kappa shape index (κ2) is 19.0. The Bertz CT molecular complexity index is 2540. The molecule has 6 heterocycles. The van der Waals surface area contributed by atoms with Crippen LogP contribution < -0.4 is 24.6 Å². The molecule has 5 aliphatic heterocycles. The van der Waals surface area contributed by atoms with Gasteiger partial charge in [0, 0.05) is 69.9 Å². The van der Waals surface area contributed by atoms with Crippen LogP contribution in [-0.2, 0) is 21.6 Å². The van der Waals surface area contributed by atoms with Gasteiger partial charge in [-0.05, 0) is 105 Å². The molecule has 4 saturated heterocycles. The van der Waals surface area contributed by atoms with Crippen LogP contribution in [-0.4, -0.2) is 126 Å². The number of hydrogen-bond acceptors (Lipinski definition) is 13. The standard InChI is InChI=1S/C50H56ClN9O6/c1-50(2,35-27-33(29-52)45(65-3)40(51)28-35)34-7-9-38(10-8-34)66-31-36-13-18-53-49(54-36)59-25-23-57(24-26-59)37-16-19-56(20-17-37)30-32-14-21-58(22-15-32)41-6-4-5-39-44(41)48(64)60(47(39)63)42-11-12-43(61)55-46(42)62/h4-10,13,18,27-28,32,37,42H,11-12,14-17,19-26,30-31H2,1-3H3,(H,55,61,62). The molecule has 0 bridgehead atoms. The summed E-state index contributed by atoms with van der Waals surface area (Å²) in [6.07, 6.45) is 6.35. The van der Waals surface area contributed by atoms with Gasteiger partial charge in [0.2, 0.25) is 17.8 Å². The van der Waals surface area contributed by atoms with E-state index >= 15 is 0 Å². The van der Waals surface area contributed by atoms with Crippen LogP contribution in [0.25, 0.3) is 0 Å². The minimum absolute atomic E-state index is 0.0977. The van der Waals surface area contributed by atoms with E-state index in [0.29, 0.717) is 46.0 Å². The summed E-state index contributed by atoms with van der Waals surface area (Å²) in [5.74, 6) is 0.508. The van der Waals surface area contributed by atoms with Crippen LogP contribution >= 0.6 is 11.6 Å². The number of carbonyl (C=O) groups excluding carboxylic acids is 4. The molecular formula is C50H56ClN9O6. The summed E-state index contributed by atoms with van der Waals surface area (Å²) in [6, 6.07) is 20.7. The number of nitrogens with zero attached hydrogens (tertiary/aromatic N) is 8. The molecule has 3 aromatic carbocycles. The Labute approximate surface area is 390 Å². The second-order valence-electron chi connectivity index (χ2n) is 18.6. The van der Waals surface area contributed by atoms with Gasteiger partial charge in [-0.2, -0.15) is 5.26 Å². The SMILES string of the molecule is COc1c(Cl)cc(C(C)(C)c2ccc(OCc3ccnc(N4CCN(C5CCN(CC6CCN(c7cccc8c7C(=O)N(C7CCC(=O)NC7=O)C8=O)CC6)CC5)CC4)n3)cc2)cc1C#N. The molecule has 15 nitrogen and oxygen atoms in total. The number of anilines is 2. The van der Waals surface area contributed by atoms with Crippen LogP contribution in [0.4, 0.5) is 11.6 Å². The molecule has 0 aliphatic carbocycles. The molecule has 4 fully saturated rings. The quantitative estimate of drug-likeness (QED) is 0.169. The van der Waals surface area contributed by atoms with Crippen LogP contribution in [0.1, 0.15) is 95.5 Å². The summed E-state index contributed by atoms with van der Waals surface area (Å²) in [7, 11) is 1.51. The number of benzene rings is 3. The molecule has 1 N–H and O–H groups in total. The Kier molecular flexibility index (Phi) is 13.0. The molecule has 1 atom stereocenters. The normalized spacial score (nSPS) is 20.3. The number of hydrogen-bond donors (Lipinski definition) is 1. The summed E-state index contributed by atoms with van der Waals surface area (Å²) in [5, 5.41) is 12.3. The lowest BCUT2D eigenvalue weighted by atomic mass is 9.77. The van der Waals surface area contributed by atoms with Crippen LogP contribution in [0.3, 0.4) is 0 Å². The van der Waals surface area contributed by atoms with Gasteiger partial charge in [0.1, 0.15) is 24.5 Å². The van der Waals surface area contributed by atoms with E-state index in [1.54, 1.807) is 6.07 Å². The predicted molar refractivity (Wildman–Crippen MR) is 249 cm³/mol. The number of nitriles is 1. The molecule has 1 aromatic heterocycles. The molecule has 16 heteroatoms. The Morgan fingerprint density at radius 2 is 1.59 bits per heavy atom. The first-order chi connectivity index (χ1) is 31.9. The average molecular weight is 915 g/mol. The number of fused-ring (bicyclic) bond motifs is 1. The summed E-state index contributed by atoms with van der Waals surface area (Å²) < 4.78 is 11.5. The summed E-state index contributed by atoms with van der Waals surface area (Å²) in [5.41, 5.74) is 4.22. The third-order valence-corrected chi connectivity index (χ3v) is 14.6. The Morgan fingerprint density at radius 1 is 0.848 bits per heavy atom. The highest BCUT2D eigenvalue weighted by atomic mass is 35.5. The van der Waals surface area contributed by atoms with E-state index in [1.807, 2.05) is 60.8 Å². The molecule has 5 aliphatic rings. The highest BCUT2D eigenvalue weighted by Crippen LogP contribution is 2.39. The zero-order chi connectivity index (χ0) is 46.1. The second-order valence-corrected chi connectivity index (χ2v) is 19.0. The monoisotopic (exact) mass is 913 g/mol. The largest absolute Gasteiger partial charge is 0.494 e. The molecule has 0 radical (unpaired) electrons. The van der Waals surface area contributed by atoms with Crippen molar-refractivity contribution in [3.05, 3.63) is 105 Å². The highest BCUT2D eigenvalue weighted by Gasteiger charge is 2.46. The number of aromatic nitrogens is 2. The smallest absolute Gasteiger partial charge is 0.264 e. The number of carbonyl (C=O) groups is 4. The molecule has 9 rings (SSSR count). The topological polar surface area (TPSA) is 165 Å². The van der Waals surface area contributed by atoms with E-state index in [-0.39, 0.29) is 18.7 Å². The van der Waals surface area contributed by atoms with Gasteiger partial charge >= 0.3 is 0 Å². The third kappa shape index (κ3) is 9.06. The number of piperidine rings is 3. The molecular weight excluding hydrogens is 858 g/mol. The number of amides is 4. The van der Waals surface area contributed by atoms with E-state index in [9.17, 15) is 24.4 Å². The Morgan fingerprint density at radius 3 is 2.29 bits per heavy atom. The summed E-state index contributed by atoms with van der Waals surface area (Å²) in [4.78, 5) is 71.7. The van der Waals surface area contributed by atoms with Crippen molar-refractivity contribution >= 4 is 46.9 Å². The van der Waals surface area contributed by atoms with Crippen molar-refractivity contribution in [2.24, 2.45) is 5.92 Å². The van der Waals surface area contributed by atoms with Crippen LogP contribution in [0, 0.1) is 17.2 Å².